The topological polar surface area (TPSA) is 92.2 Å². The highest BCUT2D eigenvalue weighted by Gasteiger charge is 2.36. The van der Waals surface area contributed by atoms with E-state index in [4.69, 9.17) is 5.11 Å². The maximum absolute atomic E-state index is 12.9. The number of carbonyl (C=O) groups excluding carboxylic acids is 1. The van der Waals surface area contributed by atoms with Gasteiger partial charge in [-0.05, 0) is 26.0 Å². The van der Waals surface area contributed by atoms with Gasteiger partial charge in [0, 0.05) is 6.20 Å². The van der Waals surface area contributed by atoms with Gasteiger partial charge in [-0.15, -0.1) is 11.3 Å². The van der Waals surface area contributed by atoms with Gasteiger partial charge in [0.25, 0.3) is 5.91 Å². The maximum atomic E-state index is 12.9. The largest absolute Gasteiger partial charge is 0.477 e. The van der Waals surface area contributed by atoms with Gasteiger partial charge >= 0.3 is 12.1 Å². The van der Waals surface area contributed by atoms with Crippen molar-refractivity contribution in [1.29, 1.82) is 0 Å². The number of carbonyl (C=O) groups is 2. The minimum atomic E-state index is -4.71. The zero-order valence-corrected chi connectivity index (χ0v) is 13.3. The molecule has 0 aliphatic heterocycles. The first kappa shape index (κ1) is 17.9. The Morgan fingerprint density at radius 2 is 2.04 bits per heavy atom. The van der Waals surface area contributed by atoms with Gasteiger partial charge in [-0.25, -0.2) is 9.78 Å². The summed E-state index contributed by atoms with van der Waals surface area (Å²) in [4.78, 5) is 30.7. The van der Waals surface area contributed by atoms with Crippen molar-refractivity contribution in [3.63, 3.8) is 0 Å². The number of aromatic carboxylic acids is 1. The molecule has 128 valence electrons. The van der Waals surface area contributed by atoms with Crippen molar-refractivity contribution < 1.29 is 27.9 Å². The molecule has 0 aliphatic carbocycles. The molecule has 0 saturated carbocycles. The molecule has 0 aromatic carbocycles. The lowest BCUT2D eigenvalue weighted by molar-refractivity contribution is -0.138. The third kappa shape index (κ3) is 3.70. The molecule has 2 N–H and O–H groups in total. The molecule has 2 aromatic heterocycles. The lowest BCUT2D eigenvalue weighted by atomic mass is 10.1. The molecule has 1 unspecified atom stereocenters. The third-order valence-corrected chi connectivity index (χ3v) is 4.38. The monoisotopic (exact) mass is 359 g/mol. The molecule has 0 fully saturated rings. The van der Waals surface area contributed by atoms with E-state index in [9.17, 15) is 22.8 Å². The summed E-state index contributed by atoms with van der Waals surface area (Å²) in [6.45, 7) is 3.00. The number of aromatic nitrogens is 2. The molecule has 0 saturated heterocycles. The molecular weight excluding hydrogens is 347 g/mol. The van der Waals surface area contributed by atoms with Gasteiger partial charge in [-0.2, -0.15) is 13.2 Å². The average molecular weight is 359 g/mol. The number of carboxylic acid groups (broad SMARTS) is 1. The van der Waals surface area contributed by atoms with Crippen LogP contribution >= 0.6 is 11.3 Å². The van der Waals surface area contributed by atoms with E-state index < -0.39 is 35.4 Å². The van der Waals surface area contributed by atoms with Crippen LogP contribution in [0.3, 0.4) is 0 Å². The smallest absolute Gasteiger partial charge is 0.418 e. The van der Waals surface area contributed by atoms with Crippen LogP contribution in [-0.2, 0) is 6.18 Å². The molecule has 0 radical (unpaired) electrons. The Hall–Kier alpha value is -2.49. The van der Waals surface area contributed by atoms with E-state index >= 15 is 0 Å². The first-order valence-corrected chi connectivity index (χ1v) is 7.46. The first-order chi connectivity index (χ1) is 11.1. The number of aryl methyl sites for hydroxylation is 1. The minimum Gasteiger partial charge on any atom is -0.477 e. The number of hydrogen-bond acceptors (Lipinski definition) is 5. The van der Waals surface area contributed by atoms with Crippen LogP contribution in [0.1, 0.15) is 49.4 Å². The number of alkyl halides is 3. The fourth-order valence-electron chi connectivity index (χ4n) is 1.94. The van der Waals surface area contributed by atoms with Crippen LogP contribution in [0.15, 0.2) is 18.3 Å². The van der Waals surface area contributed by atoms with E-state index in [2.05, 4.69) is 15.3 Å². The van der Waals surface area contributed by atoms with Crippen LogP contribution in [0.2, 0.25) is 0 Å². The van der Waals surface area contributed by atoms with E-state index in [0.717, 1.165) is 29.7 Å². The molecule has 1 amide bonds. The van der Waals surface area contributed by atoms with Gasteiger partial charge in [-0.1, -0.05) is 0 Å². The number of carboxylic acids is 1. The number of rotatable bonds is 4. The van der Waals surface area contributed by atoms with E-state index in [1.807, 2.05) is 0 Å². The van der Waals surface area contributed by atoms with E-state index in [1.54, 1.807) is 0 Å². The van der Waals surface area contributed by atoms with Gasteiger partial charge in [0.15, 0.2) is 0 Å². The van der Waals surface area contributed by atoms with Crippen LogP contribution in [-0.4, -0.2) is 27.0 Å². The zero-order valence-electron chi connectivity index (χ0n) is 12.5. The summed E-state index contributed by atoms with van der Waals surface area (Å²) in [5.41, 5.74) is -1.61. The number of hydrogen-bond donors (Lipinski definition) is 2. The van der Waals surface area contributed by atoms with Gasteiger partial charge in [-0.3, -0.25) is 9.78 Å². The van der Waals surface area contributed by atoms with Crippen LogP contribution in [0.5, 0.6) is 0 Å². The van der Waals surface area contributed by atoms with E-state index in [-0.39, 0.29) is 15.6 Å². The molecule has 2 aromatic rings. The quantitative estimate of drug-likeness (QED) is 0.875. The third-order valence-electron chi connectivity index (χ3n) is 3.05. The number of thiazole rings is 1. The van der Waals surface area contributed by atoms with Gasteiger partial charge in [0.1, 0.15) is 15.6 Å². The summed E-state index contributed by atoms with van der Waals surface area (Å²) in [7, 11) is 0. The van der Waals surface area contributed by atoms with Crippen LogP contribution in [0, 0.1) is 6.92 Å². The second-order valence-electron chi connectivity index (χ2n) is 4.86. The van der Waals surface area contributed by atoms with Crippen molar-refractivity contribution in [2.24, 2.45) is 0 Å². The van der Waals surface area contributed by atoms with Crippen molar-refractivity contribution in [1.82, 2.24) is 15.3 Å². The molecule has 6 nitrogen and oxygen atoms in total. The molecule has 0 spiro atoms. The number of nitrogens with one attached hydrogen (secondary N) is 1. The number of nitrogens with zero attached hydrogens (tertiary/aromatic N) is 2. The van der Waals surface area contributed by atoms with Crippen molar-refractivity contribution in [2.45, 2.75) is 26.1 Å². The fraction of sp³-hybridized carbons (Fsp3) is 0.286. The molecule has 1 atom stereocenters. The molecule has 2 rings (SSSR count). The molecular formula is C14H12F3N3O3S. The second kappa shape index (κ2) is 6.56. The number of amides is 1. The Labute approximate surface area is 138 Å². The number of pyridine rings is 1. The summed E-state index contributed by atoms with van der Waals surface area (Å²) >= 11 is 0.855. The van der Waals surface area contributed by atoms with Crippen molar-refractivity contribution in [3.05, 3.63) is 45.2 Å². The molecule has 0 bridgehead atoms. The second-order valence-corrected chi connectivity index (χ2v) is 5.89. The minimum absolute atomic E-state index is 0.0138. The predicted molar refractivity (Wildman–Crippen MR) is 78.9 cm³/mol. The van der Waals surface area contributed by atoms with Crippen molar-refractivity contribution >= 4 is 23.2 Å². The average Bonchev–Trinajstić information content (AvgIpc) is 2.88. The lowest BCUT2D eigenvalue weighted by Gasteiger charge is -2.14. The molecule has 10 heteroatoms. The Morgan fingerprint density at radius 3 is 2.58 bits per heavy atom. The maximum Gasteiger partial charge on any atom is 0.418 e. The Kier molecular flexibility index (Phi) is 4.88. The van der Waals surface area contributed by atoms with Gasteiger partial charge in [0.05, 0.1) is 17.3 Å². The van der Waals surface area contributed by atoms with Crippen LogP contribution < -0.4 is 5.32 Å². The van der Waals surface area contributed by atoms with Crippen molar-refractivity contribution in [2.75, 3.05) is 0 Å². The summed E-state index contributed by atoms with van der Waals surface area (Å²) in [5.74, 6) is -2.17. The standard InChI is InChI=1S/C14H12F3N3O3S/c1-6-10(13(22)23)24-12(20-6)7(2)19-11(21)9-8(14(15,16)17)4-3-5-18-9/h3-5,7H,1-2H3,(H,19,21)(H,22,23). The van der Waals surface area contributed by atoms with Crippen molar-refractivity contribution in [3.8, 4) is 0 Å². The van der Waals surface area contributed by atoms with Crippen LogP contribution in [0.25, 0.3) is 0 Å². The summed E-state index contributed by atoms with van der Waals surface area (Å²) in [5, 5.41) is 11.6. The van der Waals surface area contributed by atoms with Gasteiger partial charge in [0.2, 0.25) is 0 Å². The highest BCUT2D eigenvalue weighted by atomic mass is 32.1. The Balaban J connectivity index is 2.24. The van der Waals surface area contributed by atoms with Gasteiger partial charge < -0.3 is 10.4 Å². The highest BCUT2D eigenvalue weighted by Crippen LogP contribution is 2.31. The summed E-state index contributed by atoms with van der Waals surface area (Å²) < 4.78 is 38.8. The zero-order chi connectivity index (χ0) is 18.1. The highest BCUT2D eigenvalue weighted by molar-refractivity contribution is 7.13. The molecule has 0 aliphatic rings. The fourth-order valence-corrected chi connectivity index (χ4v) is 2.85. The Bertz CT molecular complexity index is 789. The SMILES string of the molecule is Cc1nc(C(C)NC(=O)c2ncccc2C(F)(F)F)sc1C(=O)O. The normalized spacial score (nSPS) is 12.7. The summed E-state index contributed by atoms with van der Waals surface area (Å²) in [6.07, 6.45) is -3.62. The Morgan fingerprint density at radius 1 is 1.38 bits per heavy atom. The van der Waals surface area contributed by atoms with Crippen LogP contribution in [0.4, 0.5) is 13.2 Å². The lowest BCUT2D eigenvalue weighted by Crippen LogP contribution is -2.29. The van der Waals surface area contributed by atoms with E-state index in [0.29, 0.717) is 0 Å². The first-order valence-electron chi connectivity index (χ1n) is 6.65. The predicted octanol–water partition coefficient (Wildman–Crippen LogP) is 3.05. The molecule has 2 heterocycles. The molecule has 24 heavy (non-hydrogen) atoms. The number of halogens is 3. The summed E-state index contributed by atoms with van der Waals surface area (Å²) in [6, 6.07) is 1.09. The van der Waals surface area contributed by atoms with E-state index in [1.165, 1.54) is 13.8 Å².